The van der Waals surface area contributed by atoms with Gasteiger partial charge in [0, 0.05) is 12.3 Å². The number of amides is 1. The summed E-state index contributed by atoms with van der Waals surface area (Å²) >= 11 is 0. The van der Waals surface area contributed by atoms with Gasteiger partial charge >= 0.3 is 5.97 Å². The van der Waals surface area contributed by atoms with Gasteiger partial charge in [-0.05, 0) is 44.4 Å². The summed E-state index contributed by atoms with van der Waals surface area (Å²) in [7, 11) is 1.32. The SMILES string of the molecule is CCCCOc1ccc(NC(=O)[C@](C)(CC)OCCC)cc1C(=O)OC. The molecular weight excluding hydrogens is 334 g/mol. The number of anilines is 1. The number of esters is 1. The van der Waals surface area contributed by atoms with Crippen molar-refractivity contribution in [2.45, 2.75) is 59.0 Å². The van der Waals surface area contributed by atoms with Gasteiger partial charge < -0.3 is 19.5 Å². The number of benzene rings is 1. The largest absolute Gasteiger partial charge is 0.493 e. The first-order valence-corrected chi connectivity index (χ1v) is 9.22. The molecular formula is C20H31NO5. The lowest BCUT2D eigenvalue weighted by Gasteiger charge is -2.27. The van der Waals surface area contributed by atoms with Gasteiger partial charge in [0.15, 0.2) is 0 Å². The van der Waals surface area contributed by atoms with Crippen LogP contribution in [-0.2, 0) is 14.3 Å². The van der Waals surface area contributed by atoms with E-state index >= 15 is 0 Å². The van der Waals surface area contributed by atoms with Crippen LogP contribution in [0.3, 0.4) is 0 Å². The summed E-state index contributed by atoms with van der Waals surface area (Å²) in [5, 5.41) is 2.83. The monoisotopic (exact) mass is 365 g/mol. The fraction of sp³-hybridized carbons (Fsp3) is 0.600. The minimum absolute atomic E-state index is 0.246. The molecule has 0 aliphatic rings. The molecule has 0 radical (unpaired) electrons. The first-order valence-electron chi connectivity index (χ1n) is 9.22. The molecule has 0 bridgehead atoms. The van der Waals surface area contributed by atoms with E-state index in [4.69, 9.17) is 14.2 Å². The Bertz CT molecular complexity index is 602. The molecule has 1 amide bonds. The van der Waals surface area contributed by atoms with Crippen molar-refractivity contribution in [2.24, 2.45) is 0 Å². The van der Waals surface area contributed by atoms with E-state index in [0.717, 1.165) is 19.3 Å². The van der Waals surface area contributed by atoms with Gasteiger partial charge in [0.05, 0.1) is 13.7 Å². The maximum absolute atomic E-state index is 12.6. The highest BCUT2D eigenvalue weighted by molar-refractivity contribution is 5.99. The van der Waals surface area contributed by atoms with Crippen LogP contribution in [0.15, 0.2) is 18.2 Å². The Balaban J connectivity index is 2.99. The first kappa shape index (κ1) is 22.0. The van der Waals surface area contributed by atoms with E-state index in [1.165, 1.54) is 7.11 Å². The number of carbonyl (C=O) groups is 2. The molecule has 0 fully saturated rings. The quantitative estimate of drug-likeness (QED) is 0.470. The normalized spacial score (nSPS) is 13.0. The topological polar surface area (TPSA) is 73.9 Å². The maximum atomic E-state index is 12.6. The molecule has 1 aromatic rings. The molecule has 1 aromatic carbocycles. The number of hydrogen-bond acceptors (Lipinski definition) is 5. The lowest BCUT2D eigenvalue weighted by Crippen LogP contribution is -2.42. The van der Waals surface area contributed by atoms with Crippen molar-refractivity contribution in [2.75, 3.05) is 25.6 Å². The minimum atomic E-state index is -0.919. The molecule has 0 aliphatic heterocycles. The standard InChI is InChI=1S/C20H31NO5/c1-6-9-13-25-17-11-10-15(14-16(17)18(22)24-5)21-19(23)20(4,8-3)26-12-7-2/h10-11,14H,6-9,12-13H2,1-5H3,(H,21,23)/t20-/m0/s1. The van der Waals surface area contributed by atoms with Crippen LogP contribution in [0.4, 0.5) is 5.69 Å². The van der Waals surface area contributed by atoms with Crippen LogP contribution in [0.5, 0.6) is 5.75 Å². The molecule has 0 aliphatic carbocycles. The fourth-order valence-electron chi connectivity index (χ4n) is 2.25. The Kier molecular flexibility index (Phi) is 9.13. The van der Waals surface area contributed by atoms with Crippen molar-refractivity contribution >= 4 is 17.6 Å². The van der Waals surface area contributed by atoms with Gasteiger partial charge in [0.1, 0.15) is 16.9 Å². The predicted molar refractivity (Wildman–Crippen MR) is 102 cm³/mol. The minimum Gasteiger partial charge on any atom is -0.493 e. The third kappa shape index (κ3) is 6.02. The smallest absolute Gasteiger partial charge is 0.341 e. The Hall–Kier alpha value is -2.08. The summed E-state index contributed by atoms with van der Waals surface area (Å²) in [6, 6.07) is 4.95. The Morgan fingerprint density at radius 2 is 1.85 bits per heavy atom. The van der Waals surface area contributed by atoms with Crippen LogP contribution in [-0.4, -0.2) is 37.8 Å². The van der Waals surface area contributed by atoms with Crippen molar-refractivity contribution in [3.8, 4) is 5.75 Å². The number of nitrogens with one attached hydrogen (secondary N) is 1. The van der Waals surface area contributed by atoms with Crippen LogP contribution in [0.25, 0.3) is 0 Å². The summed E-state index contributed by atoms with van der Waals surface area (Å²) < 4.78 is 16.2. The van der Waals surface area contributed by atoms with Crippen LogP contribution < -0.4 is 10.1 Å². The lowest BCUT2D eigenvalue weighted by atomic mass is 10.0. The van der Waals surface area contributed by atoms with Gasteiger partial charge in [-0.15, -0.1) is 0 Å². The van der Waals surface area contributed by atoms with E-state index in [2.05, 4.69) is 12.2 Å². The highest BCUT2D eigenvalue weighted by Gasteiger charge is 2.32. The number of methoxy groups -OCH3 is 1. The molecule has 0 spiro atoms. The predicted octanol–water partition coefficient (Wildman–Crippen LogP) is 4.19. The number of carbonyl (C=O) groups excluding carboxylic acids is 2. The summed E-state index contributed by atoms with van der Waals surface area (Å²) in [6.07, 6.45) is 3.26. The molecule has 0 aromatic heterocycles. The Labute approximate surface area is 156 Å². The van der Waals surface area contributed by atoms with Crippen molar-refractivity contribution in [3.05, 3.63) is 23.8 Å². The molecule has 26 heavy (non-hydrogen) atoms. The van der Waals surface area contributed by atoms with Gasteiger partial charge in [-0.1, -0.05) is 27.2 Å². The maximum Gasteiger partial charge on any atom is 0.341 e. The summed E-state index contributed by atoms with van der Waals surface area (Å²) in [4.78, 5) is 24.7. The van der Waals surface area contributed by atoms with E-state index < -0.39 is 11.6 Å². The lowest BCUT2D eigenvalue weighted by molar-refractivity contribution is -0.139. The number of ether oxygens (including phenoxy) is 3. The van der Waals surface area contributed by atoms with E-state index in [1.807, 2.05) is 13.8 Å². The number of rotatable bonds is 11. The Morgan fingerprint density at radius 1 is 1.12 bits per heavy atom. The average molecular weight is 365 g/mol. The molecule has 6 heteroatoms. The van der Waals surface area contributed by atoms with E-state index in [9.17, 15) is 9.59 Å². The summed E-state index contributed by atoms with van der Waals surface area (Å²) in [5.41, 5.74) is -0.135. The zero-order valence-corrected chi connectivity index (χ0v) is 16.5. The van der Waals surface area contributed by atoms with Crippen LogP contribution in [0.1, 0.15) is 63.7 Å². The van der Waals surface area contributed by atoms with Gasteiger partial charge in [-0.2, -0.15) is 0 Å². The first-order chi connectivity index (χ1) is 12.4. The van der Waals surface area contributed by atoms with Gasteiger partial charge in [-0.25, -0.2) is 4.79 Å². The number of unbranched alkanes of at least 4 members (excludes halogenated alkanes) is 1. The summed E-state index contributed by atoms with van der Waals surface area (Å²) in [5.74, 6) is -0.305. The van der Waals surface area contributed by atoms with Gasteiger partial charge in [0.25, 0.3) is 5.91 Å². The second-order valence-corrected chi connectivity index (χ2v) is 6.29. The molecule has 0 saturated carbocycles. The average Bonchev–Trinajstić information content (AvgIpc) is 2.66. The molecule has 1 rings (SSSR count). The van der Waals surface area contributed by atoms with E-state index in [0.29, 0.717) is 31.1 Å². The Morgan fingerprint density at radius 3 is 2.42 bits per heavy atom. The third-order valence-corrected chi connectivity index (χ3v) is 4.18. The van der Waals surface area contributed by atoms with Crippen molar-refractivity contribution < 1.29 is 23.8 Å². The highest BCUT2D eigenvalue weighted by Crippen LogP contribution is 2.26. The molecule has 0 saturated heterocycles. The van der Waals surface area contributed by atoms with E-state index in [-0.39, 0.29) is 11.5 Å². The zero-order valence-electron chi connectivity index (χ0n) is 16.5. The second kappa shape index (κ2) is 10.8. The molecule has 6 nitrogen and oxygen atoms in total. The van der Waals surface area contributed by atoms with Crippen molar-refractivity contribution in [1.29, 1.82) is 0 Å². The van der Waals surface area contributed by atoms with Gasteiger partial charge in [-0.3, -0.25) is 4.79 Å². The third-order valence-electron chi connectivity index (χ3n) is 4.18. The molecule has 0 heterocycles. The van der Waals surface area contributed by atoms with Crippen molar-refractivity contribution in [3.63, 3.8) is 0 Å². The van der Waals surface area contributed by atoms with E-state index in [1.54, 1.807) is 25.1 Å². The molecule has 1 N–H and O–H groups in total. The molecule has 146 valence electrons. The van der Waals surface area contributed by atoms with Crippen LogP contribution in [0, 0.1) is 0 Å². The molecule has 1 atom stereocenters. The fourth-order valence-corrected chi connectivity index (χ4v) is 2.25. The zero-order chi connectivity index (χ0) is 19.6. The number of hydrogen-bond donors (Lipinski definition) is 1. The van der Waals surface area contributed by atoms with Crippen LogP contribution in [0.2, 0.25) is 0 Å². The van der Waals surface area contributed by atoms with Crippen molar-refractivity contribution in [1.82, 2.24) is 0 Å². The van der Waals surface area contributed by atoms with Gasteiger partial charge in [0.2, 0.25) is 0 Å². The second-order valence-electron chi connectivity index (χ2n) is 6.29. The molecule has 0 unspecified atom stereocenters. The summed E-state index contributed by atoms with van der Waals surface area (Å²) in [6.45, 7) is 8.75. The highest BCUT2D eigenvalue weighted by atomic mass is 16.5. The van der Waals surface area contributed by atoms with Crippen LogP contribution >= 0.6 is 0 Å².